The molecule has 0 N–H and O–H groups in total. The first kappa shape index (κ1) is 19.3. The third kappa shape index (κ3) is 7.90. The Hall–Kier alpha value is -1.73. The van der Waals surface area contributed by atoms with Crippen molar-refractivity contribution in [1.29, 1.82) is 0 Å². The average Bonchev–Trinajstić information content (AvgIpc) is 2.36. The Labute approximate surface area is 144 Å². The minimum absolute atomic E-state index is 0.463. The molecule has 0 aliphatic carbocycles. The van der Waals surface area contributed by atoms with Crippen LogP contribution in [0.1, 0.15) is 19.4 Å². The quantitative estimate of drug-likeness (QED) is 0.258. The molecular weight excluding hydrogens is 332 g/mol. The van der Waals surface area contributed by atoms with E-state index in [9.17, 15) is 0 Å². The van der Waals surface area contributed by atoms with Crippen molar-refractivity contribution in [2.75, 3.05) is 28.2 Å². The van der Waals surface area contributed by atoms with Gasteiger partial charge >= 0.3 is 7.87 Å². The van der Waals surface area contributed by atoms with Gasteiger partial charge in [0.25, 0.3) is 0 Å². The van der Waals surface area contributed by atoms with Crippen molar-refractivity contribution >= 4 is 30.7 Å². The predicted molar refractivity (Wildman–Crippen MR) is 97.5 cm³/mol. The zero-order valence-corrected chi connectivity index (χ0v) is 16.3. The fourth-order valence-corrected chi connectivity index (χ4v) is 4.98. The molecule has 0 bridgehead atoms. The molecule has 1 aromatic carbocycles. The van der Waals surface area contributed by atoms with Crippen molar-refractivity contribution in [3.63, 3.8) is 0 Å². The molecule has 23 heavy (non-hydrogen) atoms. The van der Waals surface area contributed by atoms with Crippen LogP contribution in [-0.4, -0.2) is 57.9 Å². The molecular formula is C15H25ClN4O2Si. The van der Waals surface area contributed by atoms with E-state index in [0.29, 0.717) is 17.8 Å². The van der Waals surface area contributed by atoms with Gasteiger partial charge in [0.05, 0.1) is 6.04 Å². The summed E-state index contributed by atoms with van der Waals surface area (Å²) in [6, 6.07) is 10.3. The SMILES string of the molecule is C/C(=N\N(C)C)O[Si](Cl)(Cc1ccccc1)O/C(C)=N/N(C)C. The highest BCUT2D eigenvalue weighted by Gasteiger charge is 2.42. The van der Waals surface area contributed by atoms with Gasteiger partial charge in [-0.1, -0.05) is 41.4 Å². The van der Waals surface area contributed by atoms with Crippen LogP contribution in [0, 0.1) is 0 Å². The maximum absolute atomic E-state index is 6.73. The highest BCUT2D eigenvalue weighted by atomic mass is 35.6. The maximum Gasteiger partial charge on any atom is 0.575 e. The molecule has 0 aliphatic heterocycles. The summed E-state index contributed by atoms with van der Waals surface area (Å²) in [4.78, 5) is 0. The first-order valence-corrected chi connectivity index (χ1v) is 10.3. The van der Waals surface area contributed by atoms with E-state index in [0.717, 1.165) is 5.56 Å². The molecule has 0 saturated carbocycles. The van der Waals surface area contributed by atoms with Gasteiger partial charge in [-0.05, 0) is 5.56 Å². The second-order valence-electron chi connectivity index (χ2n) is 5.46. The zero-order chi connectivity index (χ0) is 17.5. The second-order valence-corrected chi connectivity index (χ2v) is 9.27. The first-order chi connectivity index (χ1) is 10.7. The third-order valence-electron chi connectivity index (χ3n) is 2.54. The Bertz CT molecular complexity index is 524. The minimum atomic E-state index is -3.09. The molecule has 0 heterocycles. The van der Waals surface area contributed by atoms with Crippen LogP contribution in [-0.2, 0) is 14.9 Å². The van der Waals surface area contributed by atoms with E-state index < -0.39 is 7.87 Å². The van der Waals surface area contributed by atoms with Gasteiger partial charge in [-0.25, -0.2) is 0 Å². The summed E-state index contributed by atoms with van der Waals surface area (Å²) in [5.74, 6) is 0.926. The Morgan fingerprint density at radius 1 is 0.957 bits per heavy atom. The number of hydrazone groups is 2. The summed E-state index contributed by atoms with van der Waals surface area (Å²) in [7, 11) is 4.19. The normalized spacial score (nSPS) is 14.9. The molecule has 8 heteroatoms. The van der Waals surface area contributed by atoms with Gasteiger partial charge in [0.1, 0.15) is 0 Å². The Morgan fingerprint density at radius 2 is 1.39 bits per heavy atom. The van der Waals surface area contributed by atoms with Gasteiger partial charge < -0.3 is 8.85 Å². The van der Waals surface area contributed by atoms with E-state index in [1.807, 2.05) is 58.5 Å². The van der Waals surface area contributed by atoms with Crippen molar-refractivity contribution in [3.05, 3.63) is 35.9 Å². The molecule has 1 rings (SSSR count). The van der Waals surface area contributed by atoms with E-state index in [1.165, 1.54) is 0 Å². The summed E-state index contributed by atoms with van der Waals surface area (Å²) >= 11 is 6.73. The van der Waals surface area contributed by atoms with Gasteiger partial charge in [-0.15, -0.1) is 10.2 Å². The molecule has 0 fully saturated rings. The second kappa shape index (κ2) is 8.78. The predicted octanol–water partition coefficient (Wildman–Crippen LogP) is 2.77. The third-order valence-corrected chi connectivity index (χ3v) is 5.43. The van der Waals surface area contributed by atoms with Crippen LogP contribution in [0.15, 0.2) is 40.5 Å². The van der Waals surface area contributed by atoms with Crippen LogP contribution < -0.4 is 0 Å². The standard InChI is InChI=1S/C15H25ClN4O2Si/c1-13(17-19(3)4)21-23(16,22-14(2)18-20(5)6)12-15-10-8-7-9-11-15/h7-11H,12H2,1-6H3/b17-13+,18-14+. The van der Waals surface area contributed by atoms with Crippen LogP contribution in [0.3, 0.4) is 0 Å². The first-order valence-electron chi connectivity index (χ1n) is 7.26. The highest BCUT2D eigenvalue weighted by molar-refractivity contribution is 7.13. The van der Waals surface area contributed by atoms with Crippen LogP contribution in [0.4, 0.5) is 0 Å². The molecule has 6 nitrogen and oxygen atoms in total. The van der Waals surface area contributed by atoms with Gasteiger partial charge in [0.15, 0.2) is 11.8 Å². The smallest absolute Gasteiger partial charge is 0.489 e. The molecule has 0 amide bonds. The van der Waals surface area contributed by atoms with Crippen molar-refractivity contribution in [2.45, 2.75) is 19.9 Å². The van der Waals surface area contributed by atoms with Crippen molar-refractivity contribution in [3.8, 4) is 0 Å². The lowest BCUT2D eigenvalue weighted by Gasteiger charge is -2.25. The van der Waals surface area contributed by atoms with E-state index in [-0.39, 0.29) is 0 Å². The Morgan fingerprint density at radius 3 is 1.78 bits per heavy atom. The van der Waals surface area contributed by atoms with Crippen LogP contribution in [0.2, 0.25) is 0 Å². The Balaban J connectivity index is 2.99. The number of benzene rings is 1. The van der Waals surface area contributed by atoms with Gasteiger partial charge in [-0.2, -0.15) is 0 Å². The summed E-state index contributed by atoms with van der Waals surface area (Å²) < 4.78 is 11.8. The Kier molecular flexibility index (Phi) is 7.38. The molecule has 128 valence electrons. The summed E-state index contributed by atoms with van der Waals surface area (Å²) in [5.41, 5.74) is 1.05. The van der Waals surface area contributed by atoms with Gasteiger partial charge in [0.2, 0.25) is 0 Å². The monoisotopic (exact) mass is 356 g/mol. The molecule has 0 radical (unpaired) electrons. The number of hydrogen-bond donors (Lipinski definition) is 0. The molecule has 0 atom stereocenters. The minimum Gasteiger partial charge on any atom is -0.489 e. The summed E-state index contributed by atoms with van der Waals surface area (Å²) in [6.07, 6.45) is 0. The van der Waals surface area contributed by atoms with Crippen molar-refractivity contribution < 1.29 is 8.85 Å². The molecule has 0 aliphatic rings. The van der Waals surface area contributed by atoms with Crippen molar-refractivity contribution in [1.82, 2.24) is 10.0 Å². The van der Waals surface area contributed by atoms with Gasteiger partial charge in [-0.3, -0.25) is 10.0 Å². The summed E-state index contributed by atoms with van der Waals surface area (Å²) in [6.45, 7) is 3.52. The largest absolute Gasteiger partial charge is 0.575 e. The molecule has 0 saturated heterocycles. The molecule has 0 spiro atoms. The fourth-order valence-electron chi connectivity index (χ4n) is 1.98. The molecule has 0 aromatic heterocycles. The average molecular weight is 357 g/mol. The number of halogens is 1. The fraction of sp³-hybridized carbons (Fsp3) is 0.467. The lowest BCUT2D eigenvalue weighted by atomic mass is 10.2. The van der Waals surface area contributed by atoms with E-state index in [1.54, 1.807) is 23.9 Å². The molecule has 1 aromatic rings. The number of nitrogens with zero attached hydrogens (tertiary/aromatic N) is 4. The van der Waals surface area contributed by atoms with Crippen LogP contribution in [0.25, 0.3) is 0 Å². The van der Waals surface area contributed by atoms with E-state index >= 15 is 0 Å². The highest BCUT2D eigenvalue weighted by Crippen LogP contribution is 2.21. The van der Waals surface area contributed by atoms with E-state index in [4.69, 9.17) is 19.9 Å². The van der Waals surface area contributed by atoms with Crippen molar-refractivity contribution in [2.24, 2.45) is 10.2 Å². The summed E-state index contributed by atoms with van der Waals surface area (Å²) in [5, 5.41) is 11.8. The lowest BCUT2D eigenvalue weighted by molar-refractivity contribution is 0.353. The van der Waals surface area contributed by atoms with E-state index in [2.05, 4.69) is 10.2 Å². The van der Waals surface area contributed by atoms with Crippen LogP contribution >= 0.6 is 11.1 Å². The zero-order valence-electron chi connectivity index (χ0n) is 14.6. The number of hydrogen-bond acceptors (Lipinski definition) is 6. The lowest BCUT2D eigenvalue weighted by Crippen LogP contribution is -2.42. The van der Waals surface area contributed by atoms with Crippen LogP contribution in [0.5, 0.6) is 0 Å². The maximum atomic E-state index is 6.73. The molecule has 0 unspecified atom stereocenters. The topological polar surface area (TPSA) is 49.7 Å². The van der Waals surface area contributed by atoms with Gasteiger partial charge in [0, 0.05) is 42.0 Å². The number of rotatable bonds is 6.